The Balaban J connectivity index is 1.74. The average molecular weight is 376 g/mol. The van der Waals surface area contributed by atoms with Gasteiger partial charge in [0.05, 0.1) is 17.9 Å². The molecule has 2 amide bonds. The fourth-order valence-electron chi connectivity index (χ4n) is 4.69. The first-order valence-electron chi connectivity index (χ1n) is 8.62. The summed E-state index contributed by atoms with van der Waals surface area (Å²) in [5.74, 6) is -1.42. The summed E-state index contributed by atoms with van der Waals surface area (Å²) in [6.07, 6.45) is 0.394. The van der Waals surface area contributed by atoms with E-state index < -0.39 is 19.1 Å². The van der Waals surface area contributed by atoms with Crippen LogP contribution in [0.1, 0.15) is 31.4 Å². The number of carbonyl (C=O) groups excluding carboxylic acids is 2. The molecule has 0 saturated carbocycles. The van der Waals surface area contributed by atoms with Gasteiger partial charge in [0.15, 0.2) is 0 Å². The molecule has 2 saturated heterocycles. The average Bonchev–Trinajstić information content (AvgIpc) is 2.79. The second-order valence-electron chi connectivity index (χ2n) is 7.33. The fraction of sp³-hybridized carbons (Fsp3) is 0.444. The van der Waals surface area contributed by atoms with Crippen molar-refractivity contribution in [3.8, 4) is 5.75 Å². The van der Waals surface area contributed by atoms with Crippen molar-refractivity contribution >= 4 is 30.5 Å². The van der Waals surface area contributed by atoms with E-state index in [1.54, 1.807) is 6.07 Å². The first-order valence-corrected chi connectivity index (χ1v) is 9.00. The molecule has 0 bridgehead atoms. The van der Waals surface area contributed by atoms with Gasteiger partial charge < -0.3 is 14.8 Å². The smallest absolute Gasteiger partial charge is 0.487 e. The van der Waals surface area contributed by atoms with E-state index in [0.717, 1.165) is 5.57 Å². The Morgan fingerprint density at radius 2 is 2.00 bits per heavy atom. The van der Waals surface area contributed by atoms with Crippen LogP contribution in [0.25, 0.3) is 0 Å². The fourth-order valence-corrected chi connectivity index (χ4v) is 4.99. The Bertz CT molecular complexity index is 841. The van der Waals surface area contributed by atoms with Crippen LogP contribution in [0.5, 0.6) is 5.75 Å². The van der Waals surface area contributed by atoms with Gasteiger partial charge in [-0.2, -0.15) is 0 Å². The molecule has 1 aromatic rings. The molecular formula is C18H19BClNO5. The highest BCUT2D eigenvalue weighted by Crippen LogP contribution is 2.51. The van der Waals surface area contributed by atoms with Crippen molar-refractivity contribution in [1.82, 2.24) is 4.90 Å². The summed E-state index contributed by atoms with van der Waals surface area (Å²) in [6, 6.07) is 4.59. The largest absolute Gasteiger partial charge is 0.508 e. The number of amides is 2. The van der Waals surface area contributed by atoms with Crippen molar-refractivity contribution < 1.29 is 24.4 Å². The monoisotopic (exact) mass is 375 g/mol. The zero-order valence-corrected chi connectivity index (χ0v) is 15.2. The molecule has 8 heteroatoms. The van der Waals surface area contributed by atoms with Crippen molar-refractivity contribution in [3.05, 3.63) is 39.8 Å². The minimum atomic E-state index is -1.14. The quantitative estimate of drug-likeness (QED) is 0.580. The van der Waals surface area contributed by atoms with Crippen LogP contribution in [0.2, 0.25) is 5.02 Å². The molecular weight excluding hydrogens is 356 g/mol. The Morgan fingerprint density at radius 3 is 2.69 bits per heavy atom. The van der Waals surface area contributed by atoms with E-state index in [0.29, 0.717) is 28.9 Å². The lowest BCUT2D eigenvalue weighted by Gasteiger charge is -2.41. The summed E-state index contributed by atoms with van der Waals surface area (Å²) >= 11 is 6.24. The molecule has 26 heavy (non-hydrogen) atoms. The summed E-state index contributed by atoms with van der Waals surface area (Å²) < 4.78 is 5.79. The maximum atomic E-state index is 12.7. The van der Waals surface area contributed by atoms with Gasteiger partial charge in [-0.15, -0.1) is 0 Å². The van der Waals surface area contributed by atoms with Crippen LogP contribution in [0.3, 0.4) is 0 Å². The lowest BCUT2D eigenvalue weighted by Crippen LogP contribution is -2.44. The SMILES string of the molecule is CC1=C2B(O)O[C@H](c3ccc(O)cc3Cl)C[C@H]2[C@H]2C(=O)N(C)C(=O)[C@H]2C1. The van der Waals surface area contributed by atoms with Gasteiger partial charge >= 0.3 is 7.12 Å². The Labute approximate surface area is 156 Å². The number of phenols is 1. The number of hydrogen-bond donors (Lipinski definition) is 2. The van der Waals surface area contributed by atoms with E-state index in [-0.39, 0.29) is 29.4 Å². The van der Waals surface area contributed by atoms with E-state index >= 15 is 0 Å². The summed E-state index contributed by atoms with van der Waals surface area (Å²) in [4.78, 5) is 26.3. The third-order valence-corrected chi connectivity index (χ3v) is 6.23. The molecule has 1 aromatic carbocycles. The van der Waals surface area contributed by atoms with Gasteiger partial charge in [-0.3, -0.25) is 14.5 Å². The molecule has 2 fully saturated rings. The number of phenolic OH excluding ortho intramolecular Hbond substituents is 1. The maximum Gasteiger partial charge on any atom is 0.487 e. The maximum absolute atomic E-state index is 12.7. The number of imide groups is 1. The minimum absolute atomic E-state index is 0.0439. The lowest BCUT2D eigenvalue weighted by molar-refractivity contribution is -0.138. The summed E-state index contributed by atoms with van der Waals surface area (Å²) in [5, 5.41) is 20.5. The standard InChI is InChI=1S/C18H19BClNO5/c1-8-5-12-15(18(24)21(2)17(12)23)11-7-14(26-19(25)16(8)11)10-4-3-9(22)6-13(10)20/h3-4,6,11-12,14-15,22,25H,5,7H2,1-2H3/t11-,12-,14-,15+/m0/s1. The van der Waals surface area contributed by atoms with Crippen molar-refractivity contribution in [2.75, 3.05) is 7.05 Å². The van der Waals surface area contributed by atoms with Crippen molar-refractivity contribution in [3.63, 3.8) is 0 Å². The number of carbonyl (C=O) groups is 2. The molecule has 0 aromatic heterocycles. The Hall–Kier alpha value is -1.83. The molecule has 3 aliphatic rings. The number of nitrogens with zero attached hydrogens (tertiary/aromatic N) is 1. The number of rotatable bonds is 1. The zero-order valence-electron chi connectivity index (χ0n) is 14.5. The second-order valence-corrected chi connectivity index (χ2v) is 7.74. The Morgan fingerprint density at radius 1 is 1.27 bits per heavy atom. The molecule has 6 nitrogen and oxygen atoms in total. The van der Waals surface area contributed by atoms with Crippen LogP contribution < -0.4 is 0 Å². The molecule has 1 aliphatic carbocycles. The number of halogens is 1. The zero-order chi connectivity index (χ0) is 18.7. The molecule has 4 rings (SSSR count). The molecule has 2 aliphatic heterocycles. The molecule has 4 atom stereocenters. The van der Waals surface area contributed by atoms with E-state index in [1.807, 2.05) is 6.92 Å². The molecule has 2 N–H and O–H groups in total. The van der Waals surface area contributed by atoms with Crippen LogP contribution in [-0.4, -0.2) is 41.0 Å². The van der Waals surface area contributed by atoms with Gasteiger partial charge in [-0.25, -0.2) is 0 Å². The molecule has 2 heterocycles. The number of fused-ring (bicyclic) bond motifs is 3. The Kier molecular flexibility index (Phi) is 4.13. The molecule has 0 unspecified atom stereocenters. The number of benzene rings is 1. The summed E-state index contributed by atoms with van der Waals surface area (Å²) in [5.41, 5.74) is 2.27. The summed E-state index contributed by atoms with van der Waals surface area (Å²) in [6.45, 7) is 1.88. The predicted molar refractivity (Wildman–Crippen MR) is 95.1 cm³/mol. The highest BCUT2D eigenvalue weighted by molar-refractivity contribution is 6.53. The van der Waals surface area contributed by atoms with Gasteiger partial charge in [-0.1, -0.05) is 23.2 Å². The normalized spacial score (nSPS) is 31.4. The number of hydrogen-bond acceptors (Lipinski definition) is 5. The van der Waals surface area contributed by atoms with E-state index in [4.69, 9.17) is 16.3 Å². The van der Waals surface area contributed by atoms with Crippen LogP contribution in [0.4, 0.5) is 0 Å². The topological polar surface area (TPSA) is 87.1 Å². The second kappa shape index (κ2) is 6.11. The van der Waals surface area contributed by atoms with Gasteiger partial charge in [0.25, 0.3) is 0 Å². The van der Waals surface area contributed by atoms with Crippen LogP contribution >= 0.6 is 11.6 Å². The van der Waals surface area contributed by atoms with E-state index in [9.17, 15) is 19.7 Å². The van der Waals surface area contributed by atoms with Gasteiger partial charge in [0.2, 0.25) is 11.8 Å². The van der Waals surface area contributed by atoms with Gasteiger partial charge in [-0.05, 0) is 48.9 Å². The highest BCUT2D eigenvalue weighted by Gasteiger charge is 2.56. The third-order valence-electron chi connectivity index (χ3n) is 5.91. The molecule has 136 valence electrons. The number of allylic oxidation sites excluding steroid dienone is 2. The first-order chi connectivity index (χ1) is 12.3. The van der Waals surface area contributed by atoms with Gasteiger partial charge in [0.1, 0.15) is 5.75 Å². The minimum Gasteiger partial charge on any atom is -0.508 e. The van der Waals surface area contributed by atoms with Crippen LogP contribution in [-0.2, 0) is 14.2 Å². The first kappa shape index (κ1) is 17.6. The van der Waals surface area contributed by atoms with Crippen molar-refractivity contribution in [1.29, 1.82) is 0 Å². The van der Waals surface area contributed by atoms with E-state index in [2.05, 4.69) is 0 Å². The molecule has 0 radical (unpaired) electrons. The third kappa shape index (κ3) is 2.49. The van der Waals surface area contributed by atoms with Crippen molar-refractivity contribution in [2.24, 2.45) is 17.8 Å². The predicted octanol–water partition coefficient (Wildman–Crippen LogP) is 2.09. The van der Waals surface area contributed by atoms with E-state index in [1.165, 1.54) is 24.1 Å². The van der Waals surface area contributed by atoms with Crippen LogP contribution in [0, 0.1) is 17.8 Å². The number of likely N-dealkylation sites (tertiary alicyclic amines) is 1. The van der Waals surface area contributed by atoms with Gasteiger partial charge in [0, 0.05) is 12.1 Å². The molecule has 0 spiro atoms. The van der Waals surface area contributed by atoms with Crippen molar-refractivity contribution in [2.45, 2.75) is 25.9 Å². The number of aromatic hydroxyl groups is 1. The van der Waals surface area contributed by atoms with Crippen LogP contribution in [0.15, 0.2) is 29.2 Å². The summed E-state index contributed by atoms with van der Waals surface area (Å²) in [7, 11) is 0.376. The highest BCUT2D eigenvalue weighted by atomic mass is 35.5. The lowest BCUT2D eigenvalue weighted by atomic mass is 9.55.